The summed E-state index contributed by atoms with van der Waals surface area (Å²) in [6, 6.07) is 0.695. The van der Waals surface area contributed by atoms with E-state index in [1.165, 1.54) is 19.3 Å². The Balaban J connectivity index is 2.22. The van der Waals surface area contributed by atoms with E-state index in [-0.39, 0.29) is 0 Å². The van der Waals surface area contributed by atoms with E-state index >= 15 is 0 Å². The van der Waals surface area contributed by atoms with Gasteiger partial charge in [-0.2, -0.15) is 0 Å². The van der Waals surface area contributed by atoms with E-state index in [1.54, 1.807) is 0 Å². The van der Waals surface area contributed by atoms with Crippen LogP contribution in [0.4, 0.5) is 0 Å². The van der Waals surface area contributed by atoms with Gasteiger partial charge in [0.15, 0.2) is 0 Å². The second kappa shape index (κ2) is 8.25. The summed E-state index contributed by atoms with van der Waals surface area (Å²) in [4.78, 5) is 0. The summed E-state index contributed by atoms with van der Waals surface area (Å²) < 4.78 is 11.9. The minimum Gasteiger partial charge on any atom is -0.314 e. The molecule has 0 aromatic carbocycles. The van der Waals surface area contributed by atoms with Crippen molar-refractivity contribution >= 4 is 10.8 Å². The maximum atomic E-state index is 11.9. The third kappa shape index (κ3) is 5.52. The summed E-state index contributed by atoms with van der Waals surface area (Å²) in [5.74, 6) is 3.20. The second-order valence-corrected chi connectivity index (χ2v) is 7.09. The van der Waals surface area contributed by atoms with Crippen LogP contribution in [0.1, 0.15) is 52.9 Å². The lowest BCUT2D eigenvalue weighted by Crippen LogP contribution is -2.32. The topological polar surface area (TPSA) is 29.1 Å². The Kier molecular flexibility index (Phi) is 7.36. The van der Waals surface area contributed by atoms with E-state index in [0.717, 1.165) is 36.8 Å². The smallest absolute Gasteiger partial charge is 0.0260 e. The molecule has 17 heavy (non-hydrogen) atoms. The highest BCUT2D eigenvalue weighted by Gasteiger charge is 2.26. The zero-order valence-electron chi connectivity index (χ0n) is 11.7. The van der Waals surface area contributed by atoms with Crippen LogP contribution in [0.5, 0.6) is 0 Å². The second-order valence-electron chi connectivity index (χ2n) is 5.47. The fourth-order valence-corrected chi connectivity index (χ4v) is 4.32. The molecular formula is C14H29NOS. The van der Waals surface area contributed by atoms with E-state index in [4.69, 9.17) is 0 Å². The standard InChI is InChI=1S/C14H29NOS/c1-4-12(3)11-17(16)10-9-13-7-6-8-14(13)15-5-2/h12-15H,4-11H2,1-3H3. The predicted octanol–water partition coefficient (Wildman–Crippen LogP) is 2.95. The number of hydrogen-bond donors (Lipinski definition) is 1. The minimum atomic E-state index is -0.593. The average molecular weight is 259 g/mol. The predicted molar refractivity (Wildman–Crippen MR) is 76.8 cm³/mol. The molecule has 1 aliphatic rings. The largest absolute Gasteiger partial charge is 0.314 e. The quantitative estimate of drug-likeness (QED) is 0.726. The zero-order chi connectivity index (χ0) is 12.7. The molecule has 0 aromatic rings. The molecule has 0 amide bonds. The van der Waals surface area contributed by atoms with E-state index in [2.05, 4.69) is 26.1 Å². The number of rotatable bonds is 8. The maximum Gasteiger partial charge on any atom is 0.0260 e. The summed E-state index contributed by atoms with van der Waals surface area (Å²) in [5.41, 5.74) is 0. The molecule has 0 radical (unpaired) electrons. The Hall–Kier alpha value is 0.110. The number of hydrogen-bond acceptors (Lipinski definition) is 2. The summed E-state index contributed by atoms with van der Waals surface area (Å²) in [6.07, 6.45) is 6.30. The van der Waals surface area contributed by atoms with Crippen molar-refractivity contribution in [2.24, 2.45) is 11.8 Å². The van der Waals surface area contributed by atoms with Crippen LogP contribution in [0, 0.1) is 11.8 Å². The van der Waals surface area contributed by atoms with Crippen molar-refractivity contribution in [1.82, 2.24) is 5.32 Å². The fourth-order valence-electron chi connectivity index (χ4n) is 2.71. The van der Waals surface area contributed by atoms with Crippen LogP contribution in [-0.2, 0) is 10.8 Å². The Morgan fingerprint density at radius 1 is 1.35 bits per heavy atom. The van der Waals surface area contributed by atoms with Gasteiger partial charge in [-0.3, -0.25) is 4.21 Å². The van der Waals surface area contributed by atoms with Crippen LogP contribution < -0.4 is 5.32 Å². The van der Waals surface area contributed by atoms with Gasteiger partial charge < -0.3 is 5.32 Å². The minimum absolute atomic E-state index is 0.593. The van der Waals surface area contributed by atoms with Crippen molar-refractivity contribution in [3.63, 3.8) is 0 Å². The normalized spacial score (nSPS) is 28.2. The highest BCUT2D eigenvalue weighted by atomic mass is 32.2. The lowest BCUT2D eigenvalue weighted by molar-refractivity contribution is 0.399. The summed E-state index contributed by atoms with van der Waals surface area (Å²) in [5, 5.41) is 3.57. The van der Waals surface area contributed by atoms with Gasteiger partial charge in [-0.25, -0.2) is 0 Å². The first-order chi connectivity index (χ1) is 8.17. The van der Waals surface area contributed by atoms with E-state index in [1.807, 2.05) is 0 Å². The molecular weight excluding hydrogens is 230 g/mol. The van der Waals surface area contributed by atoms with Gasteiger partial charge >= 0.3 is 0 Å². The van der Waals surface area contributed by atoms with Crippen molar-refractivity contribution in [2.75, 3.05) is 18.1 Å². The van der Waals surface area contributed by atoms with Gasteiger partial charge in [0.2, 0.25) is 0 Å². The van der Waals surface area contributed by atoms with Crippen LogP contribution >= 0.6 is 0 Å². The summed E-state index contributed by atoms with van der Waals surface area (Å²) in [7, 11) is -0.593. The van der Waals surface area contributed by atoms with Crippen LogP contribution in [0.15, 0.2) is 0 Å². The Labute approximate surface area is 109 Å². The molecule has 1 aliphatic carbocycles. The van der Waals surface area contributed by atoms with Crippen molar-refractivity contribution in [2.45, 2.75) is 58.9 Å². The molecule has 0 aliphatic heterocycles. The van der Waals surface area contributed by atoms with Crippen LogP contribution in [0.25, 0.3) is 0 Å². The molecule has 4 unspecified atom stereocenters. The third-order valence-corrected chi connectivity index (χ3v) is 5.64. The van der Waals surface area contributed by atoms with Gasteiger partial charge in [0.05, 0.1) is 0 Å². The average Bonchev–Trinajstić information content (AvgIpc) is 2.74. The Morgan fingerprint density at radius 3 is 2.76 bits per heavy atom. The van der Waals surface area contributed by atoms with Crippen LogP contribution in [0.2, 0.25) is 0 Å². The first-order valence-corrected chi connectivity index (χ1v) is 8.74. The first kappa shape index (κ1) is 15.2. The monoisotopic (exact) mass is 259 g/mol. The Morgan fingerprint density at radius 2 is 2.12 bits per heavy atom. The first-order valence-electron chi connectivity index (χ1n) is 7.25. The third-order valence-electron chi connectivity index (χ3n) is 4.01. The van der Waals surface area contributed by atoms with Gasteiger partial charge in [-0.15, -0.1) is 0 Å². The lowest BCUT2D eigenvalue weighted by Gasteiger charge is -2.20. The maximum absolute atomic E-state index is 11.9. The van der Waals surface area contributed by atoms with Gasteiger partial charge in [-0.05, 0) is 37.6 Å². The SMILES string of the molecule is CCNC1CCCC1CCS(=O)CC(C)CC. The van der Waals surface area contributed by atoms with Crippen LogP contribution in [-0.4, -0.2) is 28.3 Å². The zero-order valence-corrected chi connectivity index (χ0v) is 12.5. The van der Waals surface area contributed by atoms with Gasteiger partial charge in [0.25, 0.3) is 0 Å². The van der Waals surface area contributed by atoms with E-state index in [9.17, 15) is 4.21 Å². The van der Waals surface area contributed by atoms with E-state index < -0.39 is 10.8 Å². The summed E-state index contributed by atoms with van der Waals surface area (Å²) >= 11 is 0. The highest BCUT2D eigenvalue weighted by molar-refractivity contribution is 7.84. The molecule has 102 valence electrons. The number of nitrogens with one attached hydrogen (secondary N) is 1. The molecule has 1 rings (SSSR count). The van der Waals surface area contributed by atoms with Crippen molar-refractivity contribution in [1.29, 1.82) is 0 Å². The molecule has 1 N–H and O–H groups in total. The molecule has 2 nitrogen and oxygen atoms in total. The molecule has 1 saturated carbocycles. The van der Waals surface area contributed by atoms with Gasteiger partial charge in [-0.1, -0.05) is 33.6 Å². The molecule has 3 heteroatoms. The fraction of sp³-hybridized carbons (Fsp3) is 1.00. The molecule has 1 fully saturated rings. The molecule has 0 heterocycles. The van der Waals surface area contributed by atoms with Gasteiger partial charge in [0, 0.05) is 28.3 Å². The molecule has 0 aromatic heterocycles. The molecule has 0 bridgehead atoms. The van der Waals surface area contributed by atoms with Crippen molar-refractivity contribution < 1.29 is 4.21 Å². The molecule has 0 spiro atoms. The van der Waals surface area contributed by atoms with Crippen LogP contribution in [0.3, 0.4) is 0 Å². The Bertz CT molecular complexity index is 232. The summed E-state index contributed by atoms with van der Waals surface area (Å²) in [6.45, 7) is 7.63. The lowest BCUT2D eigenvalue weighted by atomic mass is 10.0. The molecule has 0 saturated heterocycles. The molecule has 4 atom stereocenters. The van der Waals surface area contributed by atoms with E-state index in [0.29, 0.717) is 12.0 Å². The highest BCUT2D eigenvalue weighted by Crippen LogP contribution is 2.28. The van der Waals surface area contributed by atoms with Gasteiger partial charge in [0.1, 0.15) is 0 Å². The van der Waals surface area contributed by atoms with Crippen molar-refractivity contribution in [3.05, 3.63) is 0 Å². The van der Waals surface area contributed by atoms with Crippen molar-refractivity contribution in [3.8, 4) is 0 Å².